The van der Waals surface area contributed by atoms with Gasteiger partial charge in [0.1, 0.15) is 0 Å². The van der Waals surface area contributed by atoms with Gasteiger partial charge in [0.25, 0.3) is 5.69 Å². The molecule has 0 radical (unpaired) electrons. The fourth-order valence-corrected chi connectivity index (χ4v) is 1.86. The Bertz CT molecular complexity index is 597. The normalized spacial score (nSPS) is 10.2. The first-order chi connectivity index (χ1) is 9.06. The molecule has 0 fully saturated rings. The van der Waals surface area contributed by atoms with Gasteiger partial charge in [-0.25, -0.2) is 0 Å². The molecule has 2 aromatic carbocycles. The Morgan fingerprint density at radius 2 is 1.89 bits per heavy atom. The summed E-state index contributed by atoms with van der Waals surface area (Å²) in [5.41, 5.74) is 2.61. The van der Waals surface area contributed by atoms with Crippen LogP contribution in [0.15, 0.2) is 42.5 Å². The minimum Gasteiger partial charge on any atom is -0.381 e. The predicted octanol–water partition coefficient (Wildman–Crippen LogP) is 4.17. The van der Waals surface area contributed by atoms with Gasteiger partial charge >= 0.3 is 0 Å². The fraction of sp³-hybridized carbons (Fsp3) is 0.143. The van der Waals surface area contributed by atoms with Crippen molar-refractivity contribution in [3.63, 3.8) is 0 Å². The van der Waals surface area contributed by atoms with Crippen molar-refractivity contribution < 1.29 is 4.92 Å². The Morgan fingerprint density at radius 3 is 2.53 bits per heavy atom. The second-order valence-electron chi connectivity index (χ2n) is 4.24. The summed E-state index contributed by atoms with van der Waals surface area (Å²) >= 11 is 5.80. The van der Waals surface area contributed by atoms with Gasteiger partial charge in [-0.1, -0.05) is 23.7 Å². The third-order valence-electron chi connectivity index (χ3n) is 2.81. The van der Waals surface area contributed by atoms with E-state index >= 15 is 0 Å². The van der Waals surface area contributed by atoms with E-state index in [1.165, 1.54) is 0 Å². The van der Waals surface area contributed by atoms with Crippen LogP contribution in [0.4, 0.5) is 11.4 Å². The maximum Gasteiger partial charge on any atom is 0.272 e. The van der Waals surface area contributed by atoms with Crippen molar-refractivity contribution in [3.8, 4) is 0 Å². The van der Waals surface area contributed by atoms with E-state index in [9.17, 15) is 10.1 Å². The molecule has 0 aliphatic heterocycles. The van der Waals surface area contributed by atoms with Crippen LogP contribution in [-0.2, 0) is 6.54 Å². The number of nitrogens with zero attached hydrogens (tertiary/aromatic N) is 1. The van der Waals surface area contributed by atoms with Crippen LogP contribution in [0.5, 0.6) is 0 Å². The molecule has 0 spiro atoms. The number of benzene rings is 2. The van der Waals surface area contributed by atoms with Crippen molar-refractivity contribution in [3.05, 3.63) is 68.7 Å². The molecule has 5 heteroatoms. The van der Waals surface area contributed by atoms with Crippen LogP contribution >= 0.6 is 11.6 Å². The molecule has 4 nitrogen and oxygen atoms in total. The molecule has 0 heterocycles. The van der Waals surface area contributed by atoms with Gasteiger partial charge in [-0.3, -0.25) is 10.1 Å². The van der Waals surface area contributed by atoms with Crippen LogP contribution in [0.1, 0.15) is 11.1 Å². The van der Waals surface area contributed by atoms with Crippen LogP contribution in [0.25, 0.3) is 0 Å². The quantitative estimate of drug-likeness (QED) is 0.673. The number of nitro benzene ring substituents is 1. The molecule has 2 rings (SSSR count). The highest BCUT2D eigenvalue weighted by Gasteiger charge is 2.10. The van der Waals surface area contributed by atoms with Crippen LogP contribution < -0.4 is 5.32 Å². The Hall–Kier alpha value is -2.07. The lowest BCUT2D eigenvalue weighted by Gasteiger charge is -2.07. The summed E-state index contributed by atoms with van der Waals surface area (Å²) in [5.74, 6) is 0. The van der Waals surface area contributed by atoms with Gasteiger partial charge in [0, 0.05) is 28.9 Å². The smallest absolute Gasteiger partial charge is 0.272 e. The number of nitrogens with one attached hydrogen (secondary N) is 1. The van der Waals surface area contributed by atoms with Gasteiger partial charge in [0.15, 0.2) is 0 Å². The zero-order valence-electron chi connectivity index (χ0n) is 10.4. The molecule has 0 saturated heterocycles. The number of aryl methyl sites for hydroxylation is 1. The number of anilines is 1. The molecule has 0 aliphatic carbocycles. The lowest BCUT2D eigenvalue weighted by Crippen LogP contribution is -2.01. The molecule has 0 amide bonds. The average molecular weight is 277 g/mol. The van der Waals surface area contributed by atoms with E-state index < -0.39 is 0 Å². The van der Waals surface area contributed by atoms with E-state index in [1.54, 1.807) is 31.2 Å². The minimum absolute atomic E-state index is 0.149. The molecule has 2 aromatic rings. The minimum atomic E-state index is -0.360. The van der Waals surface area contributed by atoms with Crippen molar-refractivity contribution in [2.24, 2.45) is 0 Å². The zero-order chi connectivity index (χ0) is 13.8. The molecule has 0 saturated carbocycles. The SMILES string of the molecule is Cc1ccc(CNc2ccc(Cl)cc2)cc1[N+](=O)[O-]. The first kappa shape index (κ1) is 13.4. The second-order valence-corrected chi connectivity index (χ2v) is 4.67. The fourth-order valence-electron chi connectivity index (χ4n) is 1.73. The standard InChI is InChI=1S/C14H13ClN2O2/c1-10-2-3-11(8-14(10)17(18)19)9-16-13-6-4-12(15)5-7-13/h2-8,16H,9H2,1H3. The molecule has 0 aromatic heterocycles. The van der Waals surface area contributed by atoms with Crippen molar-refractivity contribution in [2.45, 2.75) is 13.5 Å². The molecule has 0 unspecified atom stereocenters. The van der Waals surface area contributed by atoms with Crippen LogP contribution in [0.3, 0.4) is 0 Å². The summed E-state index contributed by atoms with van der Waals surface area (Å²) < 4.78 is 0. The molecule has 19 heavy (non-hydrogen) atoms. The Balaban J connectivity index is 2.09. The summed E-state index contributed by atoms with van der Waals surface area (Å²) in [6.07, 6.45) is 0. The summed E-state index contributed by atoms with van der Waals surface area (Å²) in [4.78, 5) is 10.5. The van der Waals surface area contributed by atoms with Crippen molar-refractivity contribution >= 4 is 23.0 Å². The van der Waals surface area contributed by atoms with Gasteiger partial charge in [0.2, 0.25) is 0 Å². The largest absolute Gasteiger partial charge is 0.381 e. The van der Waals surface area contributed by atoms with E-state index in [1.807, 2.05) is 18.2 Å². The van der Waals surface area contributed by atoms with Gasteiger partial charge in [0.05, 0.1) is 4.92 Å². The van der Waals surface area contributed by atoms with E-state index in [0.717, 1.165) is 11.3 Å². The van der Waals surface area contributed by atoms with E-state index in [-0.39, 0.29) is 10.6 Å². The highest BCUT2D eigenvalue weighted by molar-refractivity contribution is 6.30. The molecule has 0 bridgehead atoms. The van der Waals surface area contributed by atoms with Gasteiger partial charge in [-0.15, -0.1) is 0 Å². The van der Waals surface area contributed by atoms with E-state index in [2.05, 4.69) is 5.32 Å². The van der Waals surface area contributed by atoms with Crippen molar-refractivity contribution in [1.82, 2.24) is 0 Å². The number of halogens is 1. The molecule has 0 atom stereocenters. The second kappa shape index (κ2) is 5.71. The number of nitro groups is 1. The highest BCUT2D eigenvalue weighted by Crippen LogP contribution is 2.20. The Morgan fingerprint density at radius 1 is 1.21 bits per heavy atom. The first-order valence-corrected chi connectivity index (χ1v) is 6.17. The molecule has 1 N–H and O–H groups in total. The maximum atomic E-state index is 10.9. The number of hydrogen-bond acceptors (Lipinski definition) is 3. The van der Waals surface area contributed by atoms with E-state index in [0.29, 0.717) is 17.1 Å². The Kier molecular flexibility index (Phi) is 4.02. The monoisotopic (exact) mass is 276 g/mol. The summed E-state index contributed by atoms with van der Waals surface area (Å²) in [6, 6.07) is 12.6. The number of hydrogen-bond donors (Lipinski definition) is 1. The van der Waals surface area contributed by atoms with Crippen LogP contribution in [-0.4, -0.2) is 4.92 Å². The average Bonchev–Trinajstić information content (AvgIpc) is 2.39. The predicted molar refractivity (Wildman–Crippen MR) is 76.6 cm³/mol. The molecular weight excluding hydrogens is 264 g/mol. The van der Waals surface area contributed by atoms with Crippen LogP contribution in [0.2, 0.25) is 5.02 Å². The summed E-state index contributed by atoms with van der Waals surface area (Å²) in [5, 5.41) is 14.7. The molecule has 0 aliphatic rings. The van der Waals surface area contributed by atoms with Crippen LogP contribution in [0, 0.1) is 17.0 Å². The highest BCUT2D eigenvalue weighted by atomic mass is 35.5. The first-order valence-electron chi connectivity index (χ1n) is 5.79. The van der Waals surface area contributed by atoms with Gasteiger partial charge in [-0.2, -0.15) is 0 Å². The topological polar surface area (TPSA) is 55.2 Å². The van der Waals surface area contributed by atoms with Gasteiger partial charge < -0.3 is 5.32 Å². The lowest BCUT2D eigenvalue weighted by molar-refractivity contribution is -0.385. The number of rotatable bonds is 4. The van der Waals surface area contributed by atoms with Crippen molar-refractivity contribution in [1.29, 1.82) is 0 Å². The zero-order valence-corrected chi connectivity index (χ0v) is 11.1. The maximum absolute atomic E-state index is 10.9. The molecule has 98 valence electrons. The summed E-state index contributed by atoms with van der Waals surface area (Å²) in [6.45, 7) is 2.26. The van der Waals surface area contributed by atoms with E-state index in [4.69, 9.17) is 11.6 Å². The third kappa shape index (κ3) is 3.45. The van der Waals surface area contributed by atoms with Gasteiger partial charge in [-0.05, 0) is 36.8 Å². The lowest BCUT2D eigenvalue weighted by atomic mass is 10.1. The third-order valence-corrected chi connectivity index (χ3v) is 3.06. The summed E-state index contributed by atoms with van der Waals surface area (Å²) in [7, 11) is 0. The van der Waals surface area contributed by atoms with Crippen molar-refractivity contribution in [2.75, 3.05) is 5.32 Å². The molecular formula is C14H13ClN2O2. The Labute approximate surface area is 116 Å².